The highest BCUT2D eigenvalue weighted by atomic mass is 127. The van der Waals surface area contributed by atoms with Gasteiger partial charge >= 0.3 is 0 Å². The summed E-state index contributed by atoms with van der Waals surface area (Å²) in [6.45, 7) is 8.45. The molecule has 1 atom stereocenters. The fourth-order valence-electron chi connectivity index (χ4n) is 2.85. The Labute approximate surface area is 217 Å². The quantitative estimate of drug-likeness (QED) is 0.218. The first-order valence-electron chi connectivity index (χ1n) is 10.4. The lowest BCUT2D eigenvalue weighted by Gasteiger charge is -2.20. The molecule has 0 spiro atoms. The predicted molar refractivity (Wildman–Crippen MR) is 140 cm³/mol. The molecule has 0 saturated carbocycles. The van der Waals surface area contributed by atoms with Crippen molar-refractivity contribution in [2.75, 3.05) is 13.2 Å². The van der Waals surface area contributed by atoms with Crippen molar-refractivity contribution in [3.05, 3.63) is 55.1 Å². The van der Waals surface area contributed by atoms with Gasteiger partial charge in [0.1, 0.15) is 6.04 Å². The molecule has 0 heterocycles. The molecule has 2 aromatic rings. The van der Waals surface area contributed by atoms with E-state index in [4.69, 9.17) is 32.7 Å². The van der Waals surface area contributed by atoms with Crippen LogP contribution in [0.1, 0.15) is 43.6 Å². The maximum Gasteiger partial charge on any atom is 0.262 e. The molecule has 2 amide bonds. The average Bonchev–Trinajstić information content (AvgIpc) is 2.76. The number of hydrazone groups is 1. The van der Waals surface area contributed by atoms with Crippen LogP contribution in [0.5, 0.6) is 11.5 Å². The number of benzene rings is 2. The molecule has 7 nitrogen and oxygen atoms in total. The molecule has 0 radical (unpaired) electrons. The van der Waals surface area contributed by atoms with Crippen LogP contribution in [0.2, 0.25) is 10.0 Å². The van der Waals surface area contributed by atoms with Gasteiger partial charge in [0.2, 0.25) is 0 Å². The van der Waals surface area contributed by atoms with Crippen LogP contribution in [0.4, 0.5) is 0 Å². The molecular formula is C23H26Cl2IN3O4. The highest BCUT2D eigenvalue weighted by Gasteiger charge is 2.24. The zero-order chi connectivity index (χ0) is 24.5. The van der Waals surface area contributed by atoms with Crippen molar-refractivity contribution in [1.82, 2.24) is 10.7 Å². The van der Waals surface area contributed by atoms with Gasteiger partial charge in [-0.15, -0.1) is 0 Å². The molecule has 2 N–H and O–H groups in total. The SMILES string of the molecule is CCOc1cc(C=NNC(=O)C(NC(=O)c2ccc(Cl)c(Cl)c2)C(C)C)cc(I)c1OCC. The number of hydrogen-bond donors (Lipinski definition) is 2. The Kier molecular flexibility index (Phi) is 10.7. The summed E-state index contributed by atoms with van der Waals surface area (Å²) in [5, 5.41) is 7.38. The molecule has 2 rings (SSSR count). The maximum absolute atomic E-state index is 12.7. The Bertz CT molecular complexity index is 1030. The molecule has 178 valence electrons. The number of carbonyl (C=O) groups excluding carboxylic acids is 2. The summed E-state index contributed by atoms with van der Waals surface area (Å²) in [6, 6.07) is 7.39. The second-order valence-electron chi connectivity index (χ2n) is 7.25. The van der Waals surface area contributed by atoms with Crippen LogP contribution in [-0.2, 0) is 4.79 Å². The van der Waals surface area contributed by atoms with Crippen molar-refractivity contribution in [1.29, 1.82) is 0 Å². The highest BCUT2D eigenvalue weighted by Crippen LogP contribution is 2.33. The molecule has 0 aliphatic rings. The molecule has 33 heavy (non-hydrogen) atoms. The van der Waals surface area contributed by atoms with Crippen molar-refractivity contribution in [2.45, 2.75) is 33.7 Å². The smallest absolute Gasteiger partial charge is 0.262 e. The minimum Gasteiger partial charge on any atom is -0.490 e. The third kappa shape index (κ3) is 7.75. The van der Waals surface area contributed by atoms with Gasteiger partial charge in [0.05, 0.1) is 33.0 Å². The molecule has 0 fully saturated rings. The van der Waals surface area contributed by atoms with Crippen LogP contribution >= 0.6 is 45.8 Å². The minimum atomic E-state index is -0.802. The number of amides is 2. The van der Waals surface area contributed by atoms with Crippen molar-refractivity contribution < 1.29 is 19.1 Å². The van der Waals surface area contributed by atoms with E-state index in [9.17, 15) is 9.59 Å². The summed E-state index contributed by atoms with van der Waals surface area (Å²) in [7, 11) is 0. The normalized spacial score (nSPS) is 12.0. The van der Waals surface area contributed by atoms with Gasteiger partial charge in [0.25, 0.3) is 11.8 Å². The Morgan fingerprint density at radius 3 is 2.39 bits per heavy atom. The van der Waals surface area contributed by atoms with E-state index in [1.165, 1.54) is 18.3 Å². The number of ether oxygens (including phenoxy) is 2. The van der Waals surface area contributed by atoms with Crippen LogP contribution < -0.4 is 20.2 Å². The molecule has 0 aliphatic heterocycles. The van der Waals surface area contributed by atoms with E-state index in [0.717, 1.165) is 9.13 Å². The third-order valence-electron chi connectivity index (χ3n) is 4.43. The minimum absolute atomic E-state index is 0.178. The first kappa shape index (κ1) is 27.2. The summed E-state index contributed by atoms with van der Waals surface area (Å²) in [4.78, 5) is 25.3. The van der Waals surface area contributed by atoms with Crippen LogP contribution in [0, 0.1) is 9.49 Å². The lowest BCUT2D eigenvalue weighted by Crippen LogP contribution is -2.48. The van der Waals surface area contributed by atoms with Crippen molar-refractivity contribution in [2.24, 2.45) is 11.0 Å². The summed E-state index contributed by atoms with van der Waals surface area (Å²) >= 11 is 14.1. The summed E-state index contributed by atoms with van der Waals surface area (Å²) in [5.41, 5.74) is 3.53. The Morgan fingerprint density at radius 1 is 1.09 bits per heavy atom. The monoisotopic (exact) mass is 605 g/mol. The second kappa shape index (κ2) is 13.0. The van der Waals surface area contributed by atoms with E-state index >= 15 is 0 Å². The zero-order valence-electron chi connectivity index (χ0n) is 18.7. The maximum atomic E-state index is 12.7. The molecular weight excluding hydrogens is 580 g/mol. The Balaban J connectivity index is 2.11. The van der Waals surface area contributed by atoms with E-state index in [1.807, 2.05) is 33.8 Å². The van der Waals surface area contributed by atoms with Gasteiger partial charge in [-0.2, -0.15) is 5.10 Å². The molecule has 10 heteroatoms. The number of halogens is 3. The van der Waals surface area contributed by atoms with Crippen LogP contribution in [0.25, 0.3) is 0 Å². The molecule has 0 saturated heterocycles. The second-order valence-corrected chi connectivity index (χ2v) is 9.23. The number of nitrogens with zero attached hydrogens (tertiary/aromatic N) is 1. The van der Waals surface area contributed by atoms with Crippen LogP contribution in [0.3, 0.4) is 0 Å². The van der Waals surface area contributed by atoms with E-state index in [0.29, 0.717) is 35.3 Å². The lowest BCUT2D eigenvalue weighted by molar-refractivity contribution is -0.123. The van der Waals surface area contributed by atoms with E-state index in [1.54, 1.807) is 12.1 Å². The molecule has 0 aliphatic carbocycles. The summed E-state index contributed by atoms with van der Waals surface area (Å²) in [6.07, 6.45) is 1.51. The number of nitrogens with one attached hydrogen (secondary N) is 2. The summed E-state index contributed by atoms with van der Waals surface area (Å²) < 4.78 is 12.2. The average molecular weight is 606 g/mol. The van der Waals surface area contributed by atoms with Gasteiger partial charge in [0.15, 0.2) is 11.5 Å². The van der Waals surface area contributed by atoms with Gasteiger partial charge in [0, 0.05) is 5.56 Å². The van der Waals surface area contributed by atoms with Crippen molar-refractivity contribution in [3.63, 3.8) is 0 Å². The van der Waals surface area contributed by atoms with Gasteiger partial charge in [-0.25, -0.2) is 5.43 Å². The van der Waals surface area contributed by atoms with Gasteiger partial charge in [-0.1, -0.05) is 37.0 Å². The van der Waals surface area contributed by atoms with E-state index in [-0.39, 0.29) is 10.9 Å². The predicted octanol–water partition coefficient (Wildman–Crippen LogP) is 5.30. The van der Waals surface area contributed by atoms with Crippen LogP contribution in [0.15, 0.2) is 35.4 Å². The number of rotatable bonds is 10. The lowest BCUT2D eigenvalue weighted by atomic mass is 10.0. The fourth-order valence-corrected chi connectivity index (χ4v) is 3.93. The fraction of sp³-hybridized carbons (Fsp3) is 0.348. The zero-order valence-corrected chi connectivity index (χ0v) is 22.4. The van der Waals surface area contributed by atoms with E-state index in [2.05, 4.69) is 38.4 Å². The van der Waals surface area contributed by atoms with Crippen LogP contribution in [-0.4, -0.2) is 37.3 Å². The topological polar surface area (TPSA) is 89.0 Å². The van der Waals surface area contributed by atoms with Gasteiger partial charge < -0.3 is 14.8 Å². The summed E-state index contributed by atoms with van der Waals surface area (Å²) in [5.74, 6) is 0.219. The van der Waals surface area contributed by atoms with Gasteiger partial charge in [-0.3, -0.25) is 9.59 Å². The molecule has 1 unspecified atom stereocenters. The van der Waals surface area contributed by atoms with Gasteiger partial charge in [-0.05, 0) is 78.3 Å². The first-order chi connectivity index (χ1) is 15.7. The van der Waals surface area contributed by atoms with Crippen molar-refractivity contribution in [3.8, 4) is 11.5 Å². The number of hydrogen-bond acceptors (Lipinski definition) is 5. The Morgan fingerprint density at radius 2 is 1.79 bits per heavy atom. The molecule has 0 bridgehead atoms. The Hall–Kier alpha value is -2.04. The standard InChI is InChI=1S/C23H26Cl2IN3O4/c1-5-32-19-10-14(9-18(26)21(19)33-6-2)12-27-29-23(31)20(13(3)4)28-22(30)15-7-8-16(24)17(25)11-15/h7-13,20H,5-6H2,1-4H3,(H,28,30)(H,29,31). The highest BCUT2D eigenvalue weighted by molar-refractivity contribution is 14.1. The number of carbonyl (C=O) groups is 2. The van der Waals surface area contributed by atoms with Crippen molar-refractivity contribution >= 4 is 63.8 Å². The molecule has 0 aromatic heterocycles. The first-order valence-corrected chi connectivity index (χ1v) is 12.2. The third-order valence-corrected chi connectivity index (χ3v) is 5.97. The van der Waals surface area contributed by atoms with E-state index < -0.39 is 17.9 Å². The molecule has 2 aromatic carbocycles. The largest absolute Gasteiger partial charge is 0.490 e.